The van der Waals surface area contributed by atoms with Crippen LogP contribution in [0.2, 0.25) is 0 Å². The average Bonchev–Trinajstić information content (AvgIpc) is 3.14. The Hall–Kier alpha value is -3.09. The number of fused-ring (bicyclic) bond motifs is 1. The molecule has 0 unspecified atom stereocenters. The van der Waals surface area contributed by atoms with Gasteiger partial charge in [-0.1, -0.05) is 18.2 Å². The van der Waals surface area contributed by atoms with E-state index in [9.17, 15) is 9.59 Å². The van der Waals surface area contributed by atoms with Crippen molar-refractivity contribution in [2.45, 2.75) is 33.2 Å². The number of para-hydroxylation sites is 1. The van der Waals surface area contributed by atoms with Crippen LogP contribution >= 0.6 is 0 Å². The third-order valence-corrected chi connectivity index (χ3v) is 4.03. The van der Waals surface area contributed by atoms with Crippen LogP contribution in [0.5, 0.6) is 0 Å². The SMILES string of the molecule is Cc1cc(C)n(CC(=O)NNC(=O)CCc2c[nH]c3ccccc23)n1. The molecular weight excluding hydrogens is 318 g/mol. The highest BCUT2D eigenvalue weighted by atomic mass is 16.2. The van der Waals surface area contributed by atoms with Crippen molar-refractivity contribution in [2.24, 2.45) is 0 Å². The Balaban J connectivity index is 1.46. The predicted octanol–water partition coefficient (Wildman–Crippen LogP) is 1.76. The van der Waals surface area contributed by atoms with Crippen LogP contribution in [0, 0.1) is 13.8 Å². The van der Waals surface area contributed by atoms with Crippen LogP contribution in [0.4, 0.5) is 0 Å². The van der Waals surface area contributed by atoms with E-state index in [0.29, 0.717) is 12.8 Å². The summed E-state index contributed by atoms with van der Waals surface area (Å²) in [6.45, 7) is 3.82. The fourth-order valence-corrected chi connectivity index (χ4v) is 2.80. The van der Waals surface area contributed by atoms with Gasteiger partial charge in [-0.15, -0.1) is 0 Å². The second kappa shape index (κ2) is 7.21. The molecular formula is C18H21N5O2. The van der Waals surface area contributed by atoms with Crippen LogP contribution in [-0.2, 0) is 22.6 Å². The van der Waals surface area contributed by atoms with Crippen molar-refractivity contribution in [3.63, 3.8) is 0 Å². The standard InChI is InChI=1S/C18H21N5O2/c1-12-9-13(2)23(22-12)11-18(25)21-20-17(24)8-7-14-10-19-16-6-4-3-5-15(14)16/h3-6,9-10,19H,7-8,11H2,1-2H3,(H,20,24)(H,21,25). The number of hydrazine groups is 1. The normalized spacial score (nSPS) is 10.8. The largest absolute Gasteiger partial charge is 0.361 e. The second-order valence-corrected chi connectivity index (χ2v) is 6.04. The van der Waals surface area contributed by atoms with Crippen molar-refractivity contribution in [3.05, 3.63) is 53.5 Å². The first-order valence-corrected chi connectivity index (χ1v) is 8.16. The summed E-state index contributed by atoms with van der Waals surface area (Å²) in [5.41, 5.74) is 8.77. The number of hydrogen-bond donors (Lipinski definition) is 3. The first-order valence-electron chi connectivity index (χ1n) is 8.16. The monoisotopic (exact) mass is 339 g/mol. The molecule has 7 heteroatoms. The molecule has 0 saturated heterocycles. The molecule has 0 saturated carbocycles. The third-order valence-electron chi connectivity index (χ3n) is 4.03. The molecule has 25 heavy (non-hydrogen) atoms. The van der Waals surface area contributed by atoms with E-state index in [-0.39, 0.29) is 18.4 Å². The zero-order valence-corrected chi connectivity index (χ0v) is 14.3. The van der Waals surface area contributed by atoms with Gasteiger partial charge in [0.15, 0.2) is 0 Å². The highest BCUT2D eigenvalue weighted by Gasteiger charge is 2.10. The lowest BCUT2D eigenvalue weighted by Crippen LogP contribution is -2.43. The molecule has 130 valence electrons. The number of nitrogens with one attached hydrogen (secondary N) is 3. The van der Waals surface area contributed by atoms with Gasteiger partial charge in [-0.05, 0) is 38.0 Å². The number of H-pyrrole nitrogens is 1. The molecule has 0 atom stereocenters. The Labute approximate surface area is 145 Å². The van der Waals surface area contributed by atoms with E-state index in [1.807, 2.05) is 50.4 Å². The molecule has 7 nitrogen and oxygen atoms in total. The van der Waals surface area contributed by atoms with E-state index >= 15 is 0 Å². The molecule has 0 spiro atoms. The summed E-state index contributed by atoms with van der Waals surface area (Å²) < 4.78 is 1.60. The van der Waals surface area contributed by atoms with E-state index in [0.717, 1.165) is 27.9 Å². The van der Waals surface area contributed by atoms with Crippen LogP contribution in [0.25, 0.3) is 10.9 Å². The van der Waals surface area contributed by atoms with Gasteiger partial charge in [0.2, 0.25) is 5.91 Å². The maximum absolute atomic E-state index is 11.9. The predicted molar refractivity (Wildman–Crippen MR) is 94.6 cm³/mol. The number of aryl methyl sites for hydroxylation is 3. The number of hydrogen-bond acceptors (Lipinski definition) is 3. The van der Waals surface area contributed by atoms with Gasteiger partial charge in [-0.2, -0.15) is 5.10 Å². The second-order valence-electron chi connectivity index (χ2n) is 6.04. The number of rotatable bonds is 5. The van der Waals surface area contributed by atoms with Gasteiger partial charge in [0, 0.05) is 29.2 Å². The smallest absolute Gasteiger partial charge is 0.260 e. The maximum atomic E-state index is 11.9. The Morgan fingerprint density at radius 3 is 2.68 bits per heavy atom. The minimum Gasteiger partial charge on any atom is -0.361 e. The molecule has 0 aliphatic rings. The summed E-state index contributed by atoms with van der Waals surface area (Å²) in [7, 11) is 0. The topological polar surface area (TPSA) is 91.8 Å². The van der Waals surface area contributed by atoms with Crippen LogP contribution in [0.15, 0.2) is 36.5 Å². The quantitative estimate of drug-likeness (QED) is 0.619. The molecule has 0 aliphatic heterocycles. The lowest BCUT2D eigenvalue weighted by molar-refractivity contribution is -0.129. The molecule has 2 amide bonds. The van der Waals surface area contributed by atoms with Crippen LogP contribution in [0.1, 0.15) is 23.4 Å². The molecule has 3 N–H and O–H groups in total. The van der Waals surface area contributed by atoms with Gasteiger partial charge in [-0.3, -0.25) is 25.1 Å². The molecule has 2 aromatic heterocycles. The van der Waals surface area contributed by atoms with E-state index in [2.05, 4.69) is 20.9 Å². The number of aromatic nitrogens is 3. The summed E-state index contributed by atoms with van der Waals surface area (Å²) in [6, 6.07) is 9.85. The van der Waals surface area contributed by atoms with Crippen molar-refractivity contribution < 1.29 is 9.59 Å². The lowest BCUT2D eigenvalue weighted by atomic mass is 10.1. The summed E-state index contributed by atoms with van der Waals surface area (Å²) in [6.07, 6.45) is 2.81. The molecule has 3 aromatic rings. The Morgan fingerprint density at radius 1 is 1.16 bits per heavy atom. The maximum Gasteiger partial charge on any atom is 0.260 e. The number of carbonyl (C=O) groups excluding carboxylic acids is 2. The Morgan fingerprint density at radius 2 is 1.92 bits per heavy atom. The van der Waals surface area contributed by atoms with Gasteiger partial charge >= 0.3 is 0 Å². The van der Waals surface area contributed by atoms with Crippen LogP contribution in [0.3, 0.4) is 0 Å². The molecule has 0 fully saturated rings. The molecule has 0 radical (unpaired) electrons. The minimum atomic E-state index is -0.313. The first-order chi connectivity index (χ1) is 12.0. The summed E-state index contributed by atoms with van der Waals surface area (Å²) in [5, 5.41) is 5.33. The van der Waals surface area contributed by atoms with Gasteiger partial charge in [0.1, 0.15) is 6.54 Å². The molecule has 0 aliphatic carbocycles. The summed E-state index contributed by atoms with van der Waals surface area (Å²) >= 11 is 0. The first kappa shape index (κ1) is 16.8. The minimum absolute atomic E-state index is 0.0718. The van der Waals surface area contributed by atoms with Crippen molar-refractivity contribution in [1.82, 2.24) is 25.6 Å². The van der Waals surface area contributed by atoms with Gasteiger partial charge in [0.05, 0.1) is 5.69 Å². The molecule has 1 aromatic carbocycles. The number of nitrogens with zero attached hydrogens (tertiary/aromatic N) is 2. The number of amides is 2. The number of carbonyl (C=O) groups is 2. The average molecular weight is 339 g/mol. The fraction of sp³-hybridized carbons (Fsp3) is 0.278. The Kier molecular flexibility index (Phi) is 4.83. The molecule has 2 heterocycles. The zero-order chi connectivity index (χ0) is 17.8. The van der Waals surface area contributed by atoms with Crippen LogP contribution in [-0.4, -0.2) is 26.6 Å². The zero-order valence-electron chi connectivity index (χ0n) is 14.3. The molecule has 3 rings (SSSR count). The number of benzene rings is 1. The number of aromatic amines is 1. The van der Waals surface area contributed by atoms with Crippen molar-refractivity contribution in [2.75, 3.05) is 0 Å². The van der Waals surface area contributed by atoms with E-state index in [1.54, 1.807) is 4.68 Å². The van der Waals surface area contributed by atoms with E-state index in [1.165, 1.54) is 0 Å². The highest BCUT2D eigenvalue weighted by Crippen LogP contribution is 2.18. The lowest BCUT2D eigenvalue weighted by Gasteiger charge is -2.08. The van der Waals surface area contributed by atoms with Gasteiger partial charge < -0.3 is 4.98 Å². The molecule has 0 bridgehead atoms. The van der Waals surface area contributed by atoms with Gasteiger partial charge in [-0.25, -0.2) is 0 Å². The van der Waals surface area contributed by atoms with Crippen molar-refractivity contribution >= 4 is 22.7 Å². The van der Waals surface area contributed by atoms with E-state index in [4.69, 9.17) is 0 Å². The van der Waals surface area contributed by atoms with Crippen molar-refractivity contribution in [3.8, 4) is 0 Å². The highest BCUT2D eigenvalue weighted by molar-refractivity contribution is 5.85. The Bertz CT molecular complexity index is 909. The summed E-state index contributed by atoms with van der Waals surface area (Å²) in [4.78, 5) is 27.0. The van der Waals surface area contributed by atoms with Crippen molar-refractivity contribution in [1.29, 1.82) is 0 Å². The third kappa shape index (κ3) is 4.06. The van der Waals surface area contributed by atoms with Gasteiger partial charge in [0.25, 0.3) is 5.91 Å². The fourth-order valence-electron chi connectivity index (χ4n) is 2.80. The summed E-state index contributed by atoms with van der Waals surface area (Å²) in [5.74, 6) is -0.543. The van der Waals surface area contributed by atoms with Crippen LogP contribution < -0.4 is 10.9 Å². The van der Waals surface area contributed by atoms with E-state index < -0.39 is 0 Å².